The molecule has 1 aliphatic heterocycles. The molecule has 2 rings (SSSR count). The Bertz CT molecular complexity index is 1090. The van der Waals surface area contributed by atoms with Gasteiger partial charge in [-0.15, -0.1) is 0 Å². The van der Waals surface area contributed by atoms with Crippen molar-refractivity contribution in [2.24, 2.45) is 7.05 Å². The van der Waals surface area contributed by atoms with Gasteiger partial charge in [-0.1, -0.05) is 0 Å². The number of rotatable bonds is 8. The Balaban J connectivity index is 2.15. The van der Waals surface area contributed by atoms with E-state index in [0.717, 1.165) is 7.05 Å². The number of aliphatic hydroxyl groups is 2. The quantitative estimate of drug-likeness (QED) is 0.164. The van der Waals surface area contributed by atoms with Gasteiger partial charge in [-0.2, -0.15) is 8.62 Å². The number of nitrogens with zero attached hydrogens (tertiary/aromatic N) is 1. The highest BCUT2D eigenvalue weighted by atomic mass is 31.3. The van der Waals surface area contributed by atoms with E-state index in [1.165, 1.54) is 0 Å². The third-order valence-corrected chi connectivity index (χ3v) is 7.60. The third-order valence-electron chi connectivity index (χ3n) is 3.79. The van der Waals surface area contributed by atoms with Crippen LogP contribution in [0, 0.1) is 0 Å². The number of ether oxygens (including phenoxy) is 1. The molecule has 31 heavy (non-hydrogen) atoms. The summed E-state index contributed by atoms with van der Waals surface area (Å²) in [5, 5.41) is 30.1. The molecule has 0 aromatic carbocycles. The SMILES string of the molecule is Cn1c(O)c([C@@H]2O[C@H](COP(=O)(O)OP(=O)(O)OP(=O)(O)O)[C@@H](O)[C@H]2O)c(=O)[nH]c1=O. The molecule has 178 valence electrons. The molecule has 0 saturated carbocycles. The van der Waals surface area contributed by atoms with Crippen LogP contribution in [0.2, 0.25) is 0 Å². The first kappa shape index (κ1) is 26.0. The van der Waals surface area contributed by atoms with Crippen LogP contribution < -0.4 is 11.2 Å². The van der Waals surface area contributed by atoms with Crippen LogP contribution in [-0.4, -0.2) is 69.4 Å². The summed E-state index contributed by atoms with van der Waals surface area (Å²) in [7, 11) is -15.8. The van der Waals surface area contributed by atoms with Gasteiger partial charge in [-0.3, -0.25) is 18.9 Å². The smallest absolute Gasteiger partial charge is 0.490 e. The van der Waals surface area contributed by atoms with Gasteiger partial charge in [0.25, 0.3) is 5.56 Å². The highest BCUT2D eigenvalue weighted by molar-refractivity contribution is 7.66. The first-order chi connectivity index (χ1) is 13.9. The zero-order valence-corrected chi connectivity index (χ0v) is 17.8. The Labute approximate surface area is 170 Å². The molecule has 0 amide bonds. The van der Waals surface area contributed by atoms with E-state index in [9.17, 15) is 43.5 Å². The van der Waals surface area contributed by atoms with Crippen LogP contribution in [0.1, 0.15) is 11.7 Å². The number of aromatic amines is 1. The van der Waals surface area contributed by atoms with Crippen molar-refractivity contribution < 1.29 is 66.5 Å². The van der Waals surface area contributed by atoms with Crippen LogP contribution in [-0.2, 0) is 38.6 Å². The van der Waals surface area contributed by atoms with E-state index in [0.29, 0.717) is 4.57 Å². The number of aromatic hydroxyl groups is 1. The maximum atomic E-state index is 12.0. The Morgan fingerprint density at radius 1 is 1.03 bits per heavy atom. The Morgan fingerprint density at radius 2 is 1.61 bits per heavy atom. The van der Waals surface area contributed by atoms with E-state index in [2.05, 4.69) is 13.1 Å². The standard InChI is InChI=1S/C10H17N2O16P3/c1-12-9(16)4(8(15)11-10(12)17)7-6(14)5(13)3(26-7)2-25-30(21,22)28-31(23,24)27-29(18,19)20/h3,5-7,13-14,16H,2H2,1H3,(H,21,22)(H,23,24)(H,11,15,17)(H2,18,19,20)/t3-,5-,6-,7+/m1/s1. The lowest BCUT2D eigenvalue weighted by Gasteiger charge is -2.19. The summed E-state index contributed by atoms with van der Waals surface area (Å²) < 4.78 is 50.6. The van der Waals surface area contributed by atoms with Crippen molar-refractivity contribution in [3.63, 3.8) is 0 Å². The van der Waals surface area contributed by atoms with E-state index >= 15 is 0 Å². The van der Waals surface area contributed by atoms with Gasteiger partial charge in [0.1, 0.15) is 30.0 Å². The molecule has 1 aliphatic rings. The molecule has 2 unspecified atom stereocenters. The molecule has 1 saturated heterocycles. The minimum Gasteiger partial charge on any atom is -0.494 e. The van der Waals surface area contributed by atoms with E-state index in [1.54, 1.807) is 0 Å². The molecular formula is C10H17N2O16P3. The van der Waals surface area contributed by atoms with Crippen LogP contribution in [0.25, 0.3) is 0 Å². The maximum Gasteiger partial charge on any atom is 0.490 e. The summed E-state index contributed by atoms with van der Waals surface area (Å²) >= 11 is 0. The number of H-pyrrole nitrogens is 1. The topological polar surface area (TPSA) is 285 Å². The number of phosphoric acid groups is 3. The second-order valence-corrected chi connectivity index (χ2v) is 10.4. The normalized spacial score (nSPS) is 28.2. The summed E-state index contributed by atoms with van der Waals surface area (Å²) in [6.45, 7) is -1.12. The van der Waals surface area contributed by atoms with Gasteiger partial charge in [-0.05, 0) is 0 Å². The van der Waals surface area contributed by atoms with Gasteiger partial charge >= 0.3 is 29.2 Å². The second kappa shape index (κ2) is 8.96. The van der Waals surface area contributed by atoms with E-state index in [4.69, 9.17) is 19.4 Å². The highest BCUT2D eigenvalue weighted by Crippen LogP contribution is 2.66. The molecule has 1 aromatic rings. The van der Waals surface area contributed by atoms with Crippen molar-refractivity contribution in [1.29, 1.82) is 0 Å². The molecule has 1 aromatic heterocycles. The number of aromatic nitrogens is 2. The Kier molecular flexibility index (Phi) is 7.52. The number of hydrogen-bond acceptors (Lipinski definition) is 12. The van der Waals surface area contributed by atoms with E-state index in [1.807, 2.05) is 4.98 Å². The van der Waals surface area contributed by atoms with Gasteiger partial charge in [0.05, 0.1) is 6.61 Å². The van der Waals surface area contributed by atoms with Gasteiger partial charge in [-0.25, -0.2) is 18.5 Å². The molecular weight excluding hydrogens is 497 g/mol. The van der Waals surface area contributed by atoms with Crippen molar-refractivity contribution in [2.75, 3.05) is 6.61 Å². The fourth-order valence-corrected chi connectivity index (χ4v) is 5.51. The average Bonchev–Trinajstić information content (AvgIpc) is 2.83. The van der Waals surface area contributed by atoms with Crippen LogP contribution >= 0.6 is 23.5 Å². The lowest BCUT2D eigenvalue weighted by molar-refractivity contribution is -0.0235. The lowest BCUT2D eigenvalue weighted by Crippen LogP contribution is -2.35. The van der Waals surface area contributed by atoms with Crippen LogP contribution in [0.15, 0.2) is 9.59 Å². The van der Waals surface area contributed by atoms with E-state index < -0.39 is 77.2 Å². The summed E-state index contributed by atoms with van der Waals surface area (Å²) in [4.78, 5) is 60.6. The predicted octanol–water partition coefficient (Wildman–Crippen LogP) is -2.72. The minimum atomic E-state index is -5.77. The predicted molar refractivity (Wildman–Crippen MR) is 93.4 cm³/mol. The summed E-state index contributed by atoms with van der Waals surface area (Å²) in [6, 6.07) is 0. The van der Waals surface area contributed by atoms with Crippen molar-refractivity contribution in [3.8, 4) is 5.88 Å². The summed E-state index contributed by atoms with van der Waals surface area (Å²) in [6.07, 6.45) is -7.21. The van der Waals surface area contributed by atoms with Gasteiger partial charge < -0.3 is 39.6 Å². The fourth-order valence-electron chi connectivity index (χ4n) is 2.48. The van der Waals surface area contributed by atoms with Crippen LogP contribution in [0.3, 0.4) is 0 Å². The molecule has 21 heteroatoms. The Hall–Kier alpha value is -1.23. The molecule has 6 atom stereocenters. The zero-order valence-electron chi connectivity index (χ0n) is 15.1. The fraction of sp³-hybridized carbons (Fsp3) is 0.600. The third kappa shape index (κ3) is 6.40. The number of aliphatic hydroxyl groups excluding tert-OH is 2. The molecule has 0 aliphatic carbocycles. The maximum absolute atomic E-state index is 12.0. The zero-order chi connectivity index (χ0) is 23.9. The molecule has 8 N–H and O–H groups in total. The molecule has 0 spiro atoms. The van der Waals surface area contributed by atoms with E-state index in [-0.39, 0.29) is 0 Å². The molecule has 0 bridgehead atoms. The van der Waals surface area contributed by atoms with Crippen LogP contribution in [0.4, 0.5) is 0 Å². The number of hydrogen-bond donors (Lipinski definition) is 8. The van der Waals surface area contributed by atoms with Crippen molar-refractivity contribution in [2.45, 2.75) is 24.4 Å². The van der Waals surface area contributed by atoms with Crippen molar-refractivity contribution in [3.05, 3.63) is 26.4 Å². The minimum absolute atomic E-state index is 0.596. The summed E-state index contributed by atoms with van der Waals surface area (Å²) in [5.74, 6) is -0.904. The lowest BCUT2D eigenvalue weighted by atomic mass is 10.0. The van der Waals surface area contributed by atoms with Crippen molar-refractivity contribution in [1.82, 2.24) is 9.55 Å². The van der Waals surface area contributed by atoms with Crippen LogP contribution in [0.5, 0.6) is 5.88 Å². The molecule has 1 fully saturated rings. The second-order valence-electron chi connectivity index (χ2n) is 6.02. The largest absolute Gasteiger partial charge is 0.494 e. The number of nitrogens with one attached hydrogen (secondary N) is 1. The Morgan fingerprint density at radius 3 is 2.16 bits per heavy atom. The molecule has 0 radical (unpaired) electrons. The monoisotopic (exact) mass is 514 g/mol. The summed E-state index contributed by atoms with van der Waals surface area (Å²) in [5.41, 5.74) is -2.82. The van der Waals surface area contributed by atoms with Gasteiger partial charge in [0, 0.05) is 7.05 Å². The average molecular weight is 514 g/mol. The van der Waals surface area contributed by atoms with Gasteiger partial charge in [0.2, 0.25) is 5.88 Å². The van der Waals surface area contributed by atoms with Gasteiger partial charge in [0.15, 0.2) is 0 Å². The first-order valence-corrected chi connectivity index (χ1v) is 12.3. The number of phosphoric ester groups is 1. The highest BCUT2D eigenvalue weighted by Gasteiger charge is 2.48. The van der Waals surface area contributed by atoms with Crippen molar-refractivity contribution >= 4 is 23.5 Å². The molecule has 18 nitrogen and oxygen atoms in total. The first-order valence-electron chi connectivity index (χ1n) is 7.76. The molecule has 2 heterocycles.